The van der Waals surface area contributed by atoms with E-state index in [1.807, 2.05) is 6.92 Å². The highest BCUT2D eigenvalue weighted by Crippen LogP contribution is 2.09. The van der Waals surface area contributed by atoms with Gasteiger partial charge in [0.1, 0.15) is 5.78 Å². The molecule has 1 unspecified atom stereocenters. The van der Waals surface area contributed by atoms with Crippen molar-refractivity contribution in [1.29, 1.82) is 0 Å². The van der Waals surface area contributed by atoms with Gasteiger partial charge in [-0.05, 0) is 26.2 Å². The minimum atomic E-state index is 0.178. The van der Waals surface area contributed by atoms with Crippen LogP contribution in [0, 0.1) is 5.92 Å². The Kier molecular flexibility index (Phi) is 8.89. The maximum atomic E-state index is 11.1. The van der Waals surface area contributed by atoms with Crippen LogP contribution < -0.4 is 0 Å². The first-order valence-corrected chi connectivity index (χ1v) is 5.29. The van der Waals surface area contributed by atoms with Crippen molar-refractivity contribution in [3.05, 3.63) is 0 Å². The van der Waals surface area contributed by atoms with Gasteiger partial charge in [0.2, 0.25) is 0 Å². The molecule has 0 aromatic rings. The van der Waals surface area contributed by atoms with Gasteiger partial charge in [-0.1, -0.05) is 6.92 Å². The van der Waals surface area contributed by atoms with Gasteiger partial charge in [-0.25, -0.2) is 0 Å². The second kappa shape index (κ2) is 9.16. The molecular formula is C11H22O3. The van der Waals surface area contributed by atoms with Gasteiger partial charge >= 0.3 is 0 Å². The molecule has 0 aliphatic rings. The molecule has 0 fully saturated rings. The second-order valence-electron chi connectivity index (χ2n) is 3.46. The SMILES string of the molecule is CCC(CCOCCCOC)C(C)=O. The third-order valence-electron chi connectivity index (χ3n) is 2.32. The van der Waals surface area contributed by atoms with Crippen LogP contribution in [0.3, 0.4) is 0 Å². The Morgan fingerprint density at radius 3 is 2.50 bits per heavy atom. The van der Waals surface area contributed by atoms with Gasteiger partial charge in [0.25, 0.3) is 0 Å². The van der Waals surface area contributed by atoms with E-state index in [1.165, 1.54) is 0 Å². The largest absolute Gasteiger partial charge is 0.385 e. The Labute approximate surface area is 86.8 Å². The Bertz CT molecular complexity index is 145. The van der Waals surface area contributed by atoms with Crippen molar-refractivity contribution in [2.45, 2.75) is 33.1 Å². The molecule has 0 aromatic carbocycles. The summed E-state index contributed by atoms with van der Waals surface area (Å²) in [5.41, 5.74) is 0. The van der Waals surface area contributed by atoms with Crippen molar-refractivity contribution in [3.8, 4) is 0 Å². The fraction of sp³-hybridized carbons (Fsp3) is 0.909. The number of hydrogen-bond donors (Lipinski definition) is 0. The lowest BCUT2D eigenvalue weighted by atomic mass is 9.99. The zero-order chi connectivity index (χ0) is 10.8. The zero-order valence-corrected chi connectivity index (χ0v) is 9.54. The lowest BCUT2D eigenvalue weighted by molar-refractivity contribution is -0.121. The average molecular weight is 202 g/mol. The van der Waals surface area contributed by atoms with Gasteiger partial charge in [0, 0.05) is 32.8 Å². The third kappa shape index (κ3) is 7.04. The Hall–Kier alpha value is -0.410. The molecule has 3 nitrogen and oxygen atoms in total. The highest BCUT2D eigenvalue weighted by Gasteiger charge is 2.10. The molecule has 0 heterocycles. The maximum absolute atomic E-state index is 11.1. The van der Waals surface area contributed by atoms with E-state index in [4.69, 9.17) is 9.47 Å². The lowest BCUT2D eigenvalue weighted by Crippen LogP contribution is -2.13. The van der Waals surface area contributed by atoms with E-state index >= 15 is 0 Å². The van der Waals surface area contributed by atoms with Gasteiger partial charge in [-0.15, -0.1) is 0 Å². The Balaban J connectivity index is 3.29. The molecule has 0 amide bonds. The van der Waals surface area contributed by atoms with Gasteiger partial charge < -0.3 is 9.47 Å². The van der Waals surface area contributed by atoms with Crippen molar-refractivity contribution >= 4 is 5.78 Å². The third-order valence-corrected chi connectivity index (χ3v) is 2.32. The molecule has 0 N–H and O–H groups in total. The van der Waals surface area contributed by atoms with E-state index in [-0.39, 0.29) is 11.7 Å². The zero-order valence-electron chi connectivity index (χ0n) is 9.54. The second-order valence-corrected chi connectivity index (χ2v) is 3.46. The summed E-state index contributed by atoms with van der Waals surface area (Å²) in [7, 11) is 1.68. The van der Waals surface area contributed by atoms with Crippen LogP contribution in [0.4, 0.5) is 0 Å². The summed E-state index contributed by atoms with van der Waals surface area (Å²) in [6.45, 7) is 5.84. The quantitative estimate of drug-likeness (QED) is 0.537. The fourth-order valence-electron chi connectivity index (χ4n) is 1.33. The van der Waals surface area contributed by atoms with Crippen LogP contribution in [-0.2, 0) is 14.3 Å². The first kappa shape index (κ1) is 13.6. The topological polar surface area (TPSA) is 35.5 Å². The molecule has 0 spiro atoms. The van der Waals surface area contributed by atoms with E-state index in [0.717, 1.165) is 32.5 Å². The van der Waals surface area contributed by atoms with Crippen molar-refractivity contribution < 1.29 is 14.3 Å². The first-order valence-electron chi connectivity index (χ1n) is 5.29. The van der Waals surface area contributed by atoms with E-state index in [2.05, 4.69) is 0 Å². The molecule has 3 heteroatoms. The van der Waals surface area contributed by atoms with Gasteiger partial charge in [0.05, 0.1) is 0 Å². The van der Waals surface area contributed by atoms with E-state index in [9.17, 15) is 4.79 Å². The first-order chi connectivity index (χ1) is 6.72. The lowest BCUT2D eigenvalue weighted by Gasteiger charge is -2.10. The Morgan fingerprint density at radius 1 is 1.29 bits per heavy atom. The minimum Gasteiger partial charge on any atom is -0.385 e. The highest BCUT2D eigenvalue weighted by molar-refractivity contribution is 5.78. The maximum Gasteiger partial charge on any atom is 0.132 e. The van der Waals surface area contributed by atoms with Crippen LogP contribution in [0.15, 0.2) is 0 Å². The molecule has 1 atom stereocenters. The van der Waals surface area contributed by atoms with Crippen LogP contribution in [-0.4, -0.2) is 32.7 Å². The van der Waals surface area contributed by atoms with E-state index < -0.39 is 0 Å². The summed E-state index contributed by atoms with van der Waals surface area (Å²) >= 11 is 0. The minimum absolute atomic E-state index is 0.178. The summed E-state index contributed by atoms with van der Waals surface area (Å²) in [5.74, 6) is 0.449. The van der Waals surface area contributed by atoms with E-state index in [0.29, 0.717) is 6.61 Å². The summed E-state index contributed by atoms with van der Waals surface area (Å²) in [6.07, 6.45) is 2.68. The summed E-state index contributed by atoms with van der Waals surface area (Å²) in [5, 5.41) is 0. The molecule has 0 saturated heterocycles. The number of Topliss-reactive ketones (excluding diaryl/α,β-unsaturated/α-hetero) is 1. The van der Waals surface area contributed by atoms with E-state index in [1.54, 1.807) is 14.0 Å². The fourth-order valence-corrected chi connectivity index (χ4v) is 1.33. The predicted octanol–water partition coefficient (Wildman–Crippen LogP) is 2.04. The average Bonchev–Trinajstić information content (AvgIpc) is 2.16. The predicted molar refractivity (Wildman–Crippen MR) is 56.4 cm³/mol. The summed E-state index contributed by atoms with van der Waals surface area (Å²) < 4.78 is 10.3. The molecule has 0 aliphatic carbocycles. The standard InChI is InChI=1S/C11H22O3/c1-4-11(10(2)12)6-9-14-8-5-7-13-3/h11H,4-9H2,1-3H3. The molecule has 0 bridgehead atoms. The smallest absolute Gasteiger partial charge is 0.132 e. The van der Waals surface area contributed by atoms with Crippen LogP contribution in [0.2, 0.25) is 0 Å². The van der Waals surface area contributed by atoms with Crippen LogP contribution in [0.1, 0.15) is 33.1 Å². The number of methoxy groups -OCH3 is 1. The summed E-state index contributed by atoms with van der Waals surface area (Å²) in [4.78, 5) is 11.1. The van der Waals surface area contributed by atoms with Crippen LogP contribution in [0.5, 0.6) is 0 Å². The normalized spacial score (nSPS) is 12.8. The highest BCUT2D eigenvalue weighted by atomic mass is 16.5. The number of carbonyl (C=O) groups is 1. The number of ether oxygens (including phenoxy) is 2. The molecule has 0 radical (unpaired) electrons. The molecule has 84 valence electrons. The molecule has 0 aromatic heterocycles. The van der Waals surface area contributed by atoms with Gasteiger partial charge in [-0.3, -0.25) is 4.79 Å². The number of carbonyl (C=O) groups excluding carboxylic acids is 1. The van der Waals surface area contributed by atoms with Crippen molar-refractivity contribution in [2.75, 3.05) is 26.9 Å². The number of hydrogen-bond acceptors (Lipinski definition) is 3. The van der Waals surface area contributed by atoms with Crippen molar-refractivity contribution in [1.82, 2.24) is 0 Å². The Morgan fingerprint density at radius 2 is 2.00 bits per heavy atom. The molecular weight excluding hydrogens is 180 g/mol. The van der Waals surface area contributed by atoms with Crippen molar-refractivity contribution in [3.63, 3.8) is 0 Å². The van der Waals surface area contributed by atoms with Gasteiger partial charge in [0.15, 0.2) is 0 Å². The molecule has 14 heavy (non-hydrogen) atoms. The van der Waals surface area contributed by atoms with Crippen LogP contribution >= 0.6 is 0 Å². The summed E-state index contributed by atoms with van der Waals surface area (Å²) in [6, 6.07) is 0. The number of ketones is 1. The molecule has 0 rings (SSSR count). The van der Waals surface area contributed by atoms with Crippen LogP contribution in [0.25, 0.3) is 0 Å². The number of rotatable bonds is 9. The van der Waals surface area contributed by atoms with Gasteiger partial charge in [-0.2, -0.15) is 0 Å². The monoisotopic (exact) mass is 202 g/mol. The molecule has 0 saturated carbocycles. The van der Waals surface area contributed by atoms with Crippen molar-refractivity contribution in [2.24, 2.45) is 5.92 Å². The molecule has 0 aliphatic heterocycles.